The first-order valence-corrected chi connectivity index (χ1v) is 12.1. The van der Waals surface area contributed by atoms with E-state index in [2.05, 4.69) is 16.4 Å². The van der Waals surface area contributed by atoms with Crippen molar-refractivity contribution in [2.45, 2.75) is 37.4 Å². The molecule has 25 heavy (non-hydrogen) atoms. The summed E-state index contributed by atoms with van der Waals surface area (Å²) in [5.41, 5.74) is 2.21. The fraction of sp³-hybridized carbons (Fsp3) is 0.800. The minimum Gasteiger partial charge on any atom is -0.480 e. The molecule has 0 saturated heterocycles. The van der Waals surface area contributed by atoms with Crippen LogP contribution in [0, 0.1) is 0 Å². The van der Waals surface area contributed by atoms with Crippen LogP contribution in [0.5, 0.6) is 0 Å². The summed E-state index contributed by atoms with van der Waals surface area (Å²) < 4.78 is 7.30. The Morgan fingerprint density at radius 1 is 0.920 bits per heavy atom. The Labute approximate surface area is 163 Å². The summed E-state index contributed by atoms with van der Waals surface area (Å²) >= 11 is 4.61. The maximum absolute atomic E-state index is 12.5. The Kier molecular flexibility index (Phi) is 13.1. The number of carboxylic acids is 1. The molecule has 2 amide bonds. The van der Waals surface area contributed by atoms with Crippen LogP contribution in [-0.4, -0.2) is 77.0 Å². The highest BCUT2D eigenvalue weighted by molar-refractivity contribution is 7.98. The molecule has 3 atom stereocenters. The van der Waals surface area contributed by atoms with Crippen LogP contribution in [0.4, 0.5) is 0 Å². The van der Waals surface area contributed by atoms with Crippen molar-refractivity contribution in [1.29, 1.82) is 0 Å². The first kappa shape index (κ1) is 22.5. The zero-order chi connectivity index (χ0) is 19.9. The lowest BCUT2D eigenvalue weighted by molar-refractivity contribution is -0.142. The number of aliphatic carboxylic acids is 1. The molecule has 0 aromatic rings. The normalized spacial score (nSPS) is 14.9. The quantitative estimate of drug-likeness (QED) is 0.309. The summed E-state index contributed by atoms with van der Waals surface area (Å²) in [5, 5.41) is 14.4. The molecule has 0 rings (SSSR count). The van der Waals surface area contributed by atoms with E-state index in [1.54, 1.807) is 11.8 Å². The van der Waals surface area contributed by atoms with E-state index in [1.807, 2.05) is 18.8 Å². The van der Waals surface area contributed by atoms with Crippen LogP contribution in [0.15, 0.2) is 0 Å². The zero-order valence-electron chi connectivity index (χ0n) is 15.9. The van der Waals surface area contributed by atoms with Crippen LogP contribution in [0.25, 0.3) is 0 Å². The van der Waals surface area contributed by atoms with Crippen LogP contribution in [-0.2, 0) is 14.4 Å². The van der Waals surface area contributed by atoms with Gasteiger partial charge in [-0.3, -0.25) is 9.59 Å². The lowest BCUT2D eigenvalue weighted by Crippen LogP contribution is -2.54. The predicted molar refractivity (Wildman–Crippen MR) is 108 cm³/mol. The number of amides is 2. The molecule has 0 spiro atoms. The second-order valence-electron chi connectivity index (χ2n) is 5.36. The molecule has 0 radical (unpaired) electrons. The van der Waals surface area contributed by atoms with Gasteiger partial charge in [0.15, 0.2) is 0 Å². The van der Waals surface area contributed by atoms with Crippen molar-refractivity contribution in [3.8, 4) is 0 Å². The van der Waals surface area contributed by atoms with Gasteiger partial charge in [-0.25, -0.2) is 4.79 Å². The van der Waals surface area contributed by atoms with Crippen LogP contribution >= 0.6 is 35.3 Å². The summed E-state index contributed by atoms with van der Waals surface area (Å²) in [4.78, 5) is 36.2. The molecule has 0 aliphatic carbocycles. The Balaban J connectivity index is 4.95. The molecule has 0 aliphatic heterocycles. The number of nitrogens with one attached hydrogen (secondary N) is 2. The number of hydrogen-bond donors (Lipinski definition) is 4. The van der Waals surface area contributed by atoms with Crippen molar-refractivity contribution in [3.63, 3.8) is 0 Å². The van der Waals surface area contributed by atoms with E-state index < -0.39 is 35.9 Å². The number of carbonyl (C=O) groups is 3. The molecular weight excluding hydrogens is 382 g/mol. The lowest BCUT2D eigenvalue weighted by atomic mass is 10.1. The molecule has 0 saturated carbocycles. The van der Waals surface area contributed by atoms with E-state index in [1.165, 1.54) is 23.5 Å². The summed E-state index contributed by atoms with van der Waals surface area (Å²) in [6, 6.07) is -2.51. The molecule has 0 heterocycles. The first-order chi connectivity index (χ1) is 12.4. The highest BCUT2D eigenvalue weighted by Crippen LogP contribution is 2.06. The van der Waals surface area contributed by atoms with Crippen molar-refractivity contribution in [2.75, 3.05) is 36.0 Å². The van der Waals surface area contributed by atoms with Gasteiger partial charge in [0.2, 0.25) is 11.8 Å². The average Bonchev–Trinajstić information content (AvgIpc) is 2.62. The smallest absolute Gasteiger partial charge is 0.326 e. The van der Waals surface area contributed by atoms with Gasteiger partial charge in [-0.1, -0.05) is 0 Å². The topological polar surface area (TPSA) is 122 Å². The fourth-order valence-electron chi connectivity index (χ4n) is 1.91. The number of nitrogens with two attached hydrogens (primary N) is 1. The van der Waals surface area contributed by atoms with Crippen molar-refractivity contribution in [3.05, 3.63) is 0 Å². The summed E-state index contributed by atoms with van der Waals surface area (Å²) in [5.74, 6) is -0.0566. The SMILES string of the molecule is [2H]N[C@@H](CCSC)C(=O)N[C@@H](CCSC)C(=O)N[C@@H](CCSC)C(=O)O. The molecule has 0 bridgehead atoms. The van der Waals surface area contributed by atoms with E-state index in [9.17, 15) is 19.5 Å². The van der Waals surface area contributed by atoms with Crippen molar-refractivity contribution in [2.24, 2.45) is 5.73 Å². The van der Waals surface area contributed by atoms with Crippen molar-refractivity contribution >= 4 is 53.1 Å². The van der Waals surface area contributed by atoms with Gasteiger partial charge in [-0.15, -0.1) is 0 Å². The lowest BCUT2D eigenvalue weighted by Gasteiger charge is -2.22. The number of thioether (sulfide) groups is 3. The molecule has 0 aliphatic rings. The van der Waals surface area contributed by atoms with Gasteiger partial charge in [0, 0.05) is 0 Å². The van der Waals surface area contributed by atoms with E-state index >= 15 is 0 Å². The van der Waals surface area contributed by atoms with Crippen molar-refractivity contribution in [1.82, 2.24) is 10.6 Å². The predicted octanol–water partition coefficient (Wildman–Crippen LogP) is 0.627. The Hall–Kier alpha value is -0.580. The fourth-order valence-corrected chi connectivity index (χ4v) is 3.32. The van der Waals surface area contributed by atoms with Gasteiger partial charge >= 0.3 is 5.97 Å². The number of rotatable bonds is 15. The Bertz CT molecular complexity index is 446. The monoisotopic (exact) mass is 412 g/mol. The molecule has 10 heteroatoms. The van der Waals surface area contributed by atoms with Crippen LogP contribution in [0.1, 0.15) is 19.3 Å². The first-order valence-electron chi connectivity index (χ1n) is 8.38. The molecule has 0 fully saturated rings. The Morgan fingerprint density at radius 3 is 1.88 bits per heavy atom. The summed E-state index contributed by atoms with van der Waals surface area (Å²) in [6.45, 7) is 0. The number of hydrogen-bond acceptors (Lipinski definition) is 7. The highest BCUT2D eigenvalue weighted by atomic mass is 32.2. The third-order valence-electron chi connectivity index (χ3n) is 3.40. The number of carboxylic acid groups (broad SMARTS) is 1. The molecular formula is C15H29N3O4S3. The van der Waals surface area contributed by atoms with E-state index in [-0.39, 0.29) is 0 Å². The minimum atomic E-state index is -1.09. The van der Waals surface area contributed by atoms with Crippen LogP contribution < -0.4 is 16.4 Å². The molecule has 5 N–H and O–H groups in total. The maximum atomic E-state index is 12.5. The average molecular weight is 413 g/mol. The third-order valence-corrected chi connectivity index (χ3v) is 5.33. The second kappa shape index (κ2) is 14.6. The van der Waals surface area contributed by atoms with Gasteiger partial charge in [-0.2, -0.15) is 35.3 Å². The maximum Gasteiger partial charge on any atom is 0.326 e. The molecule has 0 unspecified atom stereocenters. The second-order valence-corrected chi connectivity index (χ2v) is 8.31. The molecule has 0 aromatic heterocycles. The van der Waals surface area contributed by atoms with Gasteiger partial charge in [0.05, 0.1) is 6.04 Å². The van der Waals surface area contributed by atoms with Crippen LogP contribution in [0.3, 0.4) is 0 Å². The highest BCUT2D eigenvalue weighted by Gasteiger charge is 2.27. The zero-order valence-corrected chi connectivity index (χ0v) is 17.3. The minimum absolute atomic E-state index is 0.316. The number of carbonyl (C=O) groups excluding carboxylic acids is 2. The molecule has 0 aromatic carbocycles. The van der Waals surface area contributed by atoms with Crippen LogP contribution in [0.2, 0.25) is 1.41 Å². The molecule has 7 nitrogen and oxygen atoms in total. The standard InChI is InChI=1S/C15H29N3O4S3/c1-23-7-4-10(16)13(19)17-11(5-8-24-2)14(20)18-12(15(21)22)6-9-25-3/h10-12H,4-9,16H2,1-3H3,(H,17,19)(H,18,20)(H,21,22)/t10-,11-,12-/m0/s1/i/hD. The molecule has 146 valence electrons. The summed E-state index contributed by atoms with van der Waals surface area (Å²) in [6.07, 6.45) is 6.84. The van der Waals surface area contributed by atoms with Gasteiger partial charge in [0.1, 0.15) is 13.5 Å². The van der Waals surface area contributed by atoms with E-state index in [0.29, 0.717) is 36.5 Å². The van der Waals surface area contributed by atoms with Gasteiger partial charge < -0.3 is 21.5 Å². The van der Waals surface area contributed by atoms with Crippen molar-refractivity contribution < 1.29 is 20.9 Å². The van der Waals surface area contributed by atoms with Gasteiger partial charge in [0.25, 0.3) is 0 Å². The van der Waals surface area contributed by atoms with Gasteiger partial charge in [-0.05, 0) is 55.3 Å². The Morgan fingerprint density at radius 2 is 1.40 bits per heavy atom. The third kappa shape index (κ3) is 10.9. The summed E-state index contributed by atoms with van der Waals surface area (Å²) in [7, 11) is 0. The van der Waals surface area contributed by atoms with E-state index in [4.69, 9.17) is 1.41 Å². The largest absolute Gasteiger partial charge is 0.480 e. The van der Waals surface area contributed by atoms with E-state index in [0.717, 1.165) is 0 Å².